The maximum atomic E-state index is 13.9. The molecule has 23 heavy (non-hydrogen) atoms. The lowest BCUT2D eigenvalue weighted by molar-refractivity contribution is 0.395. The Morgan fingerprint density at radius 2 is 1.74 bits per heavy atom. The van der Waals surface area contributed by atoms with Crippen LogP contribution in [0.25, 0.3) is 21.8 Å². The third-order valence-corrected chi connectivity index (χ3v) is 4.23. The number of ether oxygens (including phenoxy) is 2. The summed E-state index contributed by atoms with van der Waals surface area (Å²) in [6.07, 6.45) is 0. The molecule has 1 aromatic heterocycles. The van der Waals surface area contributed by atoms with Crippen molar-refractivity contribution in [1.82, 2.24) is 4.98 Å². The van der Waals surface area contributed by atoms with Crippen molar-refractivity contribution in [2.75, 3.05) is 14.2 Å². The molecule has 6 heteroatoms. The summed E-state index contributed by atoms with van der Waals surface area (Å²) in [5.41, 5.74) is 1.20. The number of thiazole rings is 1. The molecule has 3 rings (SSSR count). The summed E-state index contributed by atoms with van der Waals surface area (Å²) in [5, 5.41) is 2.03. The van der Waals surface area contributed by atoms with Gasteiger partial charge in [-0.1, -0.05) is 6.07 Å². The largest absolute Gasteiger partial charge is 0.497 e. The topological polar surface area (TPSA) is 31.4 Å². The summed E-state index contributed by atoms with van der Waals surface area (Å²) in [5.74, 6) is -0.0309. The molecule has 118 valence electrons. The Bertz CT molecular complexity index is 828. The first-order chi connectivity index (χ1) is 11.1. The Balaban J connectivity index is 2.06. The van der Waals surface area contributed by atoms with E-state index >= 15 is 0 Å². The smallest absolute Gasteiger partial charge is 0.136 e. The van der Waals surface area contributed by atoms with E-state index in [2.05, 4.69) is 4.98 Å². The second-order valence-corrected chi connectivity index (χ2v) is 5.56. The summed E-state index contributed by atoms with van der Waals surface area (Å²) in [6, 6.07) is 9.07. The van der Waals surface area contributed by atoms with Gasteiger partial charge in [-0.05, 0) is 24.3 Å². The zero-order valence-electron chi connectivity index (χ0n) is 12.5. The third-order valence-electron chi connectivity index (χ3n) is 3.37. The van der Waals surface area contributed by atoms with Crippen molar-refractivity contribution in [2.45, 2.75) is 0 Å². The molecule has 0 saturated carbocycles. The molecule has 0 saturated heterocycles. The van der Waals surface area contributed by atoms with E-state index in [4.69, 9.17) is 9.47 Å². The lowest BCUT2D eigenvalue weighted by Crippen LogP contribution is -1.91. The van der Waals surface area contributed by atoms with E-state index in [-0.39, 0.29) is 10.6 Å². The van der Waals surface area contributed by atoms with Gasteiger partial charge in [0.15, 0.2) is 0 Å². The van der Waals surface area contributed by atoms with Crippen LogP contribution in [0.1, 0.15) is 0 Å². The van der Waals surface area contributed by atoms with E-state index in [1.165, 1.54) is 29.5 Å². The van der Waals surface area contributed by atoms with Crippen molar-refractivity contribution in [3.8, 4) is 33.3 Å². The Morgan fingerprint density at radius 3 is 2.39 bits per heavy atom. The van der Waals surface area contributed by atoms with Gasteiger partial charge in [-0.15, -0.1) is 11.3 Å². The van der Waals surface area contributed by atoms with Gasteiger partial charge in [0.1, 0.15) is 28.1 Å². The number of rotatable bonds is 4. The van der Waals surface area contributed by atoms with Crippen LogP contribution in [-0.2, 0) is 0 Å². The first kappa shape index (κ1) is 15.4. The molecule has 0 amide bonds. The molecule has 0 unspecified atom stereocenters. The van der Waals surface area contributed by atoms with Crippen molar-refractivity contribution in [1.29, 1.82) is 0 Å². The molecule has 3 nitrogen and oxygen atoms in total. The third kappa shape index (κ3) is 2.90. The lowest BCUT2D eigenvalue weighted by Gasteiger charge is -2.08. The van der Waals surface area contributed by atoms with Crippen molar-refractivity contribution in [3.63, 3.8) is 0 Å². The van der Waals surface area contributed by atoms with E-state index < -0.39 is 11.6 Å². The van der Waals surface area contributed by atoms with Crippen LogP contribution in [0.3, 0.4) is 0 Å². The minimum atomic E-state index is -0.632. The predicted molar refractivity (Wildman–Crippen MR) is 86.0 cm³/mol. The van der Waals surface area contributed by atoms with Crippen LogP contribution in [0.2, 0.25) is 0 Å². The average molecular weight is 333 g/mol. The number of nitrogens with zero attached hydrogens (tertiary/aromatic N) is 1. The van der Waals surface area contributed by atoms with Crippen molar-refractivity contribution < 1.29 is 18.3 Å². The fourth-order valence-electron chi connectivity index (χ4n) is 2.22. The summed E-state index contributed by atoms with van der Waals surface area (Å²) < 4.78 is 38.3. The highest BCUT2D eigenvalue weighted by Crippen LogP contribution is 2.37. The number of methoxy groups -OCH3 is 2. The van der Waals surface area contributed by atoms with Crippen LogP contribution >= 0.6 is 11.3 Å². The number of hydrogen-bond acceptors (Lipinski definition) is 4. The molecule has 2 aromatic carbocycles. The molecule has 0 aliphatic rings. The predicted octanol–water partition coefficient (Wildman–Crippen LogP) is 4.77. The van der Waals surface area contributed by atoms with Crippen LogP contribution in [0.15, 0.2) is 41.8 Å². The average Bonchev–Trinajstić information content (AvgIpc) is 3.03. The summed E-state index contributed by atoms with van der Waals surface area (Å²) >= 11 is 1.18. The minimum Gasteiger partial charge on any atom is -0.497 e. The van der Waals surface area contributed by atoms with E-state index in [9.17, 15) is 8.78 Å². The van der Waals surface area contributed by atoms with Crippen LogP contribution in [0.5, 0.6) is 11.5 Å². The molecule has 0 radical (unpaired) electrons. The Kier molecular flexibility index (Phi) is 4.25. The maximum Gasteiger partial charge on any atom is 0.136 e. The van der Waals surface area contributed by atoms with Crippen LogP contribution < -0.4 is 9.47 Å². The molecular weight excluding hydrogens is 320 g/mol. The van der Waals surface area contributed by atoms with E-state index in [1.54, 1.807) is 37.8 Å². The van der Waals surface area contributed by atoms with Crippen LogP contribution in [0, 0.1) is 11.6 Å². The van der Waals surface area contributed by atoms with Gasteiger partial charge in [-0.3, -0.25) is 0 Å². The fourth-order valence-corrected chi connectivity index (χ4v) is 3.09. The molecule has 0 bridgehead atoms. The second kappa shape index (κ2) is 6.34. The zero-order valence-corrected chi connectivity index (χ0v) is 13.3. The Morgan fingerprint density at radius 1 is 1.00 bits per heavy atom. The van der Waals surface area contributed by atoms with Crippen molar-refractivity contribution >= 4 is 11.3 Å². The summed E-state index contributed by atoms with van der Waals surface area (Å²) in [7, 11) is 3.11. The SMILES string of the molecule is COc1ccc(-c2csc(-c3c(F)cccc3F)n2)c(OC)c1. The lowest BCUT2D eigenvalue weighted by atomic mass is 10.1. The Labute approximate surface area is 136 Å². The van der Waals surface area contributed by atoms with Gasteiger partial charge in [0.2, 0.25) is 0 Å². The van der Waals surface area contributed by atoms with E-state index in [0.29, 0.717) is 17.2 Å². The minimum absolute atomic E-state index is 0.115. The molecule has 0 aliphatic carbocycles. The summed E-state index contributed by atoms with van der Waals surface area (Å²) in [6.45, 7) is 0. The van der Waals surface area contributed by atoms with Crippen molar-refractivity contribution in [2.24, 2.45) is 0 Å². The molecule has 0 N–H and O–H groups in total. The Hall–Kier alpha value is -2.47. The van der Waals surface area contributed by atoms with Crippen LogP contribution in [-0.4, -0.2) is 19.2 Å². The van der Waals surface area contributed by atoms with Gasteiger partial charge >= 0.3 is 0 Å². The van der Waals surface area contributed by atoms with Gasteiger partial charge in [-0.2, -0.15) is 0 Å². The molecule has 0 aliphatic heterocycles. The zero-order chi connectivity index (χ0) is 16.4. The van der Waals surface area contributed by atoms with Gasteiger partial charge in [0.25, 0.3) is 0 Å². The van der Waals surface area contributed by atoms with Crippen molar-refractivity contribution in [3.05, 3.63) is 53.4 Å². The highest BCUT2D eigenvalue weighted by atomic mass is 32.1. The molecule has 3 aromatic rings. The number of benzene rings is 2. The number of halogens is 2. The van der Waals surface area contributed by atoms with Gasteiger partial charge in [0, 0.05) is 17.0 Å². The first-order valence-electron chi connectivity index (χ1n) is 6.76. The van der Waals surface area contributed by atoms with E-state index in [1.807, 2.05) is 0 Å². The first-order valence-corrected chi connectivity index (χ1v) is 7.64. The molecular formula is C17H13F2NO2S. The monoisotopic (exact) mass is 333 g/mol. The van der Waals surface area contributed by atoms with Crippen LogP contribution in [0.4, 0.5) is 8.78 Å². The van der Waals surface area contributed by atoms with E-state index in [0.717, 1.165) is 5.56 Å². The molecule has 0 spiro atoms. The summed E-state index contributed by atoms with van der Waals surface area (Å²) in [4.78, 5) is 4.35. The normalized spacial score (nSPS) is 10.6. The number of aromatic nitrogens is 1. The van der Waals surface area contributed by atoms with Gasteiger partial charge in [-0.25, -0.2) is 13.8 Å². The molecule has 0 atom stereocenters. The molecule has 1 heterocycles. The number of hydrogen-bond donors (Lipinski definition) is 0. The highest BCUT2D eigenvalue weighted by Gasteiger charge is 2.17. The van der Waals surface area contributed by atoms with Gasteiger partial charge < -0.3 is 9.47 Å². The second-order valence-electron chi connectivity index (χ2n) is 4.70. The van der Waals surface area contributed by atoms with Gasteiger partial charge in [0.05, 0.1) is 25.5 Å². The molecule has 0 fully saturated rings. The highest BCUT2D eigenvalue weighted by molar-refractivity contribution is 7.13. The quantitative estimate of drug-likeness (QED) is 0.689. The standard InChI is InChI=1S/C17H13F2NO2S/c1-21-10-6-7-11(15(8-10)22-2)14-9-23-17(20-14)16-12(18)4-3-5-13(16)19/h3-9H,1-2H3. The fraction of sp³-hybridized carbons (Fsp3) is 0.118. The maximum absolute atomic E-state index is 13.9.